The lowest BCUT2D eigenvalue weighted by Crippen LogP contribution is -2.71. The van der Waals surface area contributed by atoms with Crippen LogP contribution in [0.4, 0.5) is 0 Å². The molecule has 6 heteroatoms. The number of hydrogen-bond donors (Lipinski definition) is 5. The number of aliphatic hydroxyl groups is 4. The Bertz CT molecular complexity index is 215. The first-order valence-electron chi connectivity index (χ1n) is 5.10. The molecule has 1 saturated heterocycles. The summed E-state index contributed by atoms with van der Waals surface area (Å²) in [6, 6.07) is 0. The Kier molecular flexibility index (Phi) is 4.05. The van der Waals surface area contributed by atoms with Crippen molar-refractivity contribution in [3.8, 4) is 0 Å². The summed E-state index contributed by atoms with van der Waals surface area (Å²) in [4.78, 5) is 0. The van der Waals surface area contributed by atoms with Crippen LogP contribution in [0.1, 0.15) is 20.3 Å². The highest BCUT2D eigenvalue weighted by Gasteiger charge is 2.52. The molecule has 0 aromatic heterocycles. The number of aliphatic hydroxyl groups excluding tert-OH is 3. The highest BCUT2D eigenvalue weighted by atomic mass is 16.6. The molecule has 0 spiro atoms. The van der Waals surface area contributed by atoms with Gasteiger partial charge in [-0.15, -0.1) is 0 Å². The fraction of sp³-hybridized carbons (Fsp3) is 1.00. The fourth-order valence-corrected chi connectivity index (χ4v) is 1.57. The maximum Gasteiger partial charge on any atom is 0.201 e. The smallest absolute Gasteiger partial charge is 0.201 e. The first-order valence-corrected chi connectivity index (χ1v) is 5.10. The number of hydrogen-bond acceptors (Lipinski definition) is 6. The normalized spacial score (nSPS) is 46.8. The van der Waals surface area contributed by atoms with E-state index in [-0.39, 0.29) is 0 Å². The van der Waals surface area contributed by atoms with Crippen molar-refractivity contribution in [3.63, 3.8) is 0 Å². The fourth-order valence-electron chi connectivity index (χ4n) is 1.57. The van der Waals surface area contributed by atoms with Gasteiger partial charge in [0.15, 0.2) is 5.72 Å². The third-order valence-electron chi connectivity index (χ3n) is 2.63. The molecule has 1 aliphatic rings. The molecule has 0 saturated carbocycles. The Hall–Kier alpha value is -0.240. The Balaban J connectivity index is 2.76. The molecule has 5 N–H and O–H groups in total. The van der Waals surface area contributed by atoms with Crippen molar-refractivity contribution < 1.29 is 25.2 Å². The molecule has 15 heavy (non-hydrogen) atoms. The van der Waals surface area contributed by atoms with Gasteiger partial charge in [-0.3, -0.25) is 5.32 Å². The summed E-state index contributed by atoms with van der Waals surface area (Å²) >= 11 is 0. The molecule has 1 aliphatic heterocycles. The molecular weight excluding hydrogens is 202 g/mol. The Morgan fingerprint density at radius 1 is 1.33 bits per heavy atom. The van der Waals surface area contributed by atoms with Gasteiger partial charge in [-0.05, 0) is 19.9 Å². The third kappa shape index (κ3) is 2.30. The highest BCUT2D eigenvalue weighted by Crippen LogP contribution is 2.26. The second-order valence-electron chi connectivity index (χ2n) is 3.88. The molecule has 0 bridgehead atoms. The summed E-state index contributed by atoms with van der Waals surface area (Å²) in [6.07, 6.45) is -4.28. The Morgan fingerprint density at radius 3 is 2.47 bits per heavy atom. The molecular formula is C9H19NO5. The summed E-state index contributed by atoms with van der Waals surface area (Å²) < 4.78 is 4.91. The van der Waals surface area contributed by atoms with E-state index in [1.165, 1.54) is 6.92 Å². The van der Waals surface area contributed by atoms with Crippen molar-refractivity contribution in [1.29, 1.82) is 0 Å². The second-order valence-corrected chi connectivity index (χ2v) is 3.88. The molecule has 0 unspecified atom stereocenters. The van der Waals surface area contributed by atoms with E-state index in [0.717, 1.165) is 0 Å². The molecule has 0 amide bonds. The maximum absolute atomic E-state index is 9.93. The molecule has 6 nitrogen and oxygen atoms in total. The van der Waals surface area contributed by atoms with Crippen molar-refractivity contribution in [2.45, 2.75) is 50.6 Å². The molecule has 1 rings (SSSR count). The van der Waals surface area contributed by atoms with Gasteiger partial charge in [0.25, 0.3) is 0 Å². The van der Waals surface area contributed by atoms with Crippen LogP contribution in [0.15, 0.2) is 0 Å². The maximum atomic E-state index is 9.93. The van der Waals surface area contributed by atoms with E-state index in [2.05, 4.69) is 5.32 Å². The van der Waals surface area contributed by atoms with Crippen LogP contribution in [0.25, 0.3) is 0 Å². The average Bonchev–Trinajstić information content (AvgIpc) is 2.21. The van der Waals surface area contributed by atoms with Crippen LogP contribution in [-0.4, -0.2) is 57.3 Å². The zero-order valence-electron chi connectivity index (χ0n) is 8.92. The predicted octanol–water partition coefficient (Wildman–Crippen LogP) is -1.87. The van der Waals surface area contributed by atoms with Crippen LogP contribution in [0.2, 0.25) is 0 Å². The van der Waals surface area contributed by atoms with Crippen molar-refractivity contribution in [2.24, 2.45) is 0 Å². The van der Waals surface area contributed by atoms with Crippen molar-refractivity contribution >= 4 is 0 Å². The van der Waals surface area contributed by atoms with Gasteiger partial charge in [-0.25, -0.2) is 0 Å². The van der Waals surface area contributed by atoms with Gasteiger partial charge in [0.2, 0.25) is 6.29 Å². The zero-order valence-corrected chi connectivity index (χ0v) is 8.92. The first kappa shape index (κ1) is 12.8. The lowest BCUT2D eigenvalue weighted by Gasteiger charge is -2.45. The van der Waals surface area contributed by atoms with Gasteiger partial charge >= 0.3 is 0 Å². The minimum atomic E-state index is -2.01. The van der Waals surface area contributed by atoms with Gasteiger partial charge in [0, 0.05) is 0 Å². The van der Waals surface area contributed by atoms with Gasteiger partial charge in [0.1, 0.15) is 12.2 Å². The largest absolute Gasteiger partial charge is 0.388 e. The molecule has 0 aromatic rings. The lowest BCUT2D eigenvalue weighted by molar-refractivity contribution is -0.332. The number of nitrogens with one attached hydrogen (secondary N) is 1. The second kappa shape index (κ2) is 4.73. The van der Waals surface area contributed by atoms with Crippen molar-refractivity contribution in [2.75, 3.05) is 6.54 Å². The van der Waals surface area contributed by atoms with Crippen LogP contribution in [0.5, 0.6) is 0 Å². The summed E-state index contributed by atoms with van der Waals surface area (Å²) in [5, 5.41) is 41.2. The average molecular weight is 221 g/mol. The van der Waals surface area contributed by atoms with Crippen molar-refractivity contribution in [3.05, 3.63) is 0 Å². The molecule has 90 valence electrons. The lowest BCUT2D eigenvalue weighted by atomic mass is 9.94. The standard InChI is InChI=1S/C9H19NO5/c1-3-4-10-9(14)7(12)6(11)5(2)15-8(9)13/h5-8,10-14H,3-4H2,1-2H3/t5-,6+,7+,8-,9+/m0/s1. The molecule has 1 fully saturated rings. The molecule has 1 heterocycles. The number of rotatable bonds is 3. The first-order chi connectivity index (χ1) is 6.93. The zero-order chi connectivity index (χ0) is 11.6. The summed E-state index contributed by atoms with van der Waals surface area (Å²) in [6.45, 7) is 3.78. The van der Waals surface area contributed by atoms with Crippen LogP contribution in [0.3, 0.4) is 0 Å². The predicted molar refractivity (Wildman–Crippen MR) is 51.8 cm³/mol. The molecule has 0 aliphatic carbocycles. The minimum Gasteiger partial charge on any atom is -0.388 e. The van der Waals surface area contributed by atoms with E-state index in [0.29, 0.717) is 13.0 Å². The summed E-state index contributed by atoms with van der Waals surface area (Å²) in [7, 11) is 0. The minimum absolute atomic E-state index is 0.398. The van der Waals surface area contributed by atoms with E-state index < -0.39 is 30.3 Å². The molecule has 5 atom stereocenters. The van der Waals surface area contributed by atoms with Gasteiger partial charge in [-0.1, -0.05) is 6.92 Å². The Labute approximate surface area is 88.5 Å². The van der Waals surface area contributed by atoms with E-state index in [9.17, 15) is 20.4 Å². The van der Waals surface area contributed by atoms with Crippen LogP contribution < -0.4 is 5.32 Å². The van der Waals surface area contributed by atoms with Crippen molar-refractivity contribution in [1.82, 2.24) is 5.32 Å². The third-order valence-corrected chi connectivity index (χ3v) is 2.63. The van der Waals surface area contributed by atoms with Gasteiger partial charge in [0.05, 0.1) is 6.10 Å². The topological polar surface area (TPSA) is 102 Å². The van der Waals surface area contributed by atoms with Crippen LogP contribution in [-0.2, 0) is 4.74 Å². The highest BCUT2D eigenvalue weighted by molar-refractivity contribution is 4.97. The van der Waals surface area contributed by atoms with Crippen LogP contribution >= 0.6 is 0 Å². The van der Waals surface area contributed by atoms with Gasteiger partial charge < -0.3 is 25.2 Å². The van der Waals surface area contributed by atoms with E-state index in [1.807, 2.05) is 6.92 Å². The van der Waals surface area contributed by atoms with Gasteiger partial charge in [-0.2, -0.15) is 0 Å². The molecule has 0 radical (unpaired) electrons. The monoisotopic (exact) mass is 221 g/mol. The quantitative estimate of drug-likeness (QED) is 0.358. The summed E-state index contributed by atoms with van der Waals surface area (Å²) in [5.74, 6) is 0. The summed E-state index contributed by atoms with van der Waals surface area (Å²) in [5.41, 5.74) is -2.01. The van der Waals surface area contributed by atoms with Crippen LogP contribution in [0, 0.1) is 0 Å². The van der Waals surface area contributed by atoms with E-state index in [4.69, 9.17) is 4.74 Å². The molecule has 0 aromatic carbocycles. The Morgan fingerprint density at radius 2 is 1.93 bits per heavy atom. The van der Waals surface area contributed by atoms with E-state index in [1.54, 1.807) is 0 Å². The SMILES string of the molecule is CCCN[C@@]1(O)[C@H](O)[C@H](O)[C@H](C)O[C@@H]1O. The van der Waals surface area contributed by atoms with E-state index >= 15 is 0 Å². The number of ether oxygens (including phenoxy) is 1.